The summed E-state index contributed by atoms with van der Waals surface area (Å²) >= 11 is 0. The van der Waals surface area contributed by atoms with Crippen molar-refractivity contribution in [2.24, 2.45) is 11.5 Å². The lowest BCUT2D eigenvalue weighted by molar-refractivity contribution is 0.256. The van der Waals surface area contributed by atoms with Gasteiger partial charge in [-0.15, -0.1) is 5.10 Å². The second kappa shape index (κ2) is 4.57. The fraction of sp³-hybridized carbons (Fsp3) is 0. The van der Waals surface area contributed by atoms with Crippen LogP contribution in [-0.4, -0.2) is 16.4 Å². The Balaban J connectivity index is 0.000000148. The Bertz CT molecular complexity index is 128. The zero-order chi connectivity index (χ0) is 7.11. The van der Waals surface area contributed by atoms with Gasteiger partial charge in [0.05, 0.1) is 6.20 Å². The molecular weight excluding hydrogens is 124 g/mol. The molecule has 0 atom stereocenters. The van der Waals surface area contributed by atoms with Crippen molar-refractivity contribution in [3.63, 3.8) is 0 Å². The Labute approximate surface area is 50.8 Å². The molecular formula is C3H6N4O2. The van der Waals surface area contributed by atoms with E-state index < -0.39 is 6.03 Å². The Morgan fingerprint density at radius 2 is 2.11 bits per heavy atom. The predicted molar refractivity (Wildman–Crippen MR) is 28.1 cm³/mol. The largest absolute Gasteiger partial charge is 0.352 e. The van der Waals surface area contributed by atoms with Crippen LogP contribution in [-0.2, 0) is 0 Å². The highest BCUT2D eigenvalue weighted by Gasteiger charge is 1.61. The van der Waals surface area contributed by atoms with Crippen LogP contribution < -0.4 is 11.5 Å². The van der Waals surface area contributed by atoms with E-state index in [2.05, 4.69) is 26.4 Å². The number of amides is 2. The SMILES string of the molecule is NC(N)=O.c1conn1. The number of urea groups is 1. The van der Waals surface area contributed by atoms with Gasteiger partial charge in [-0.1, -0.05) is 0 Å². The highest BCUT2D eigenvalue weighted by atomic mass is 16.5. The molecule has 1 rings (SSSR count). The summed E-state index contributed by atoms with van der Waals surface area (Å²) < 4.78 is 4.22. The van der Waals surface area contributed by atoms with Gasteiger partial charge in [0, 0.05) is 5.27 Å². The molecule has 50 valence electrons. The fourth-order valence-electron chi connectivity index (χ4n) is 0.136. The molecule has 0 saturated heterocycles. The van der Waals surface area contributed by atoms with E-state index >= 15 is 0 Å². The quantitative estimate of drug-likeness (QED) is 0.474. The summed E-state index contributed by atoms with van der Waals surface area (Å²) in [6.45, 7) is 0. The molecule has 1 aromatic rings. The molecule has 6 nitrogen and oxygen atoms in total. The van der Waals surface area contributed by atoms with Crippen LogP contribution >= 0.6 is 0 Å². The summed E-state index contributed by atoms with van der Waals surface area (Å²) in [7, 11) is 0. The molecule has 0 unspecified atom stereocenters. The van der Waals surface area contributed by atoms with Crippen molar-refractivity contribution in [3.8, 4) is 0 Å². The molecule has 0 spiro atoms. The molecule has 1 heterocycles. The number of carbonyl (C=O) groups is 1. The number of hydrogen-bond acceptors (Lipinski definition) is 4. The maximum absolute atomic E-state index is 9.00. The van der Waals surface area contributed by atoms with Gasteiger partial charge in [-0.05, 0) is 0 Å². The van der Waals surface area contributed by atoms with Crippen LogP contribution in [0.2, 0.25) is 0 Å². The lowest BCUT2D eigenvalue weighted by atomic mass is 11.0. The van der Waals surface area contributed by atoms with Gasteiger partial charge < -0.3 is 16.0 Å². The number of primary amides is 2. The fourth-order valence-corrected chi connectivity index (χ4v) is 0.136. The molecule has 1 aromatic heterocycles. The number of nitrogens with two attached hydrogens (primary N) is 2. The van der Waals surface area contributed by atoms with Gasteiger partial charge in [0.25, 0.3) is 0 Å². The van der Waals surface area contributed by atoms with Gasteiger partial charge in [0.1, 0.15) is 6.26 Å². The van der Waals surface area contributed by atoms with E-state index in [1.807, 2.05) is 0 Å². The highest BCUT2D eigenvalue weighted by molar-refractivity contribution is 5.69. The van der Waals surface area contributed by atoms with Gasteiger partial charge in [-0.2, -0.15) is 0 Å². The molecule has 0 aliphatic rings. The molecule has 0 bridgehead atoms. The minimum Gasteiger partial charge on any atom is -0.352 e. The van der Waals surface area contributed by atoms with E-state index in [0.29, 0.717) is 0 Å². The van der Waals surface area contributed by atoms with Crippen molar-refractivity contribution in [1.29, 1.82) is 0 Å². The zero-order valence-corrected chi connectivity index (χ0v) is 4.52. The predicted octanol–water partition coefficient (Wildman–Crippen LogP) is -0.907. The summed E-state index contributed by atoms with van der Waals surface area (Å²) in [6, 6.07) is -0.833. The van der Waals surface area contributed by atoms with Gasteiger partial charge >= 0.3 is 6.03 Å². The minimum absolute atomic E-state index is 0.833. The first-order chi connectivity index (χ1) is 4.23. The molecule has 0 aromatic carbocycles. The van der Waals surface area contributed by atoms with E-state index in [-0.39, 0.29) is 0 Å². The van der Waals surface area contributed by atoms with Crippen LogP contribution in [0, 0.1) is 0 Å². The maximum Gasteiger partial charge on any atom is 0.309 e. The highest BCUT2D eigenvalue weighted by Crippen LogP contribution is 1.64. The topological polar surface area (TPSA) is 108 Å². The third-order valence-electron chi connectivity index (χ3n) is 0.283. The van der Waals surface area contributed by atoms with E-state index in [0.717, 1.165) is 0 Å². The number of aromatic nitrogens is 2. The van der Waals surface area contributed by atoms with E-state index in [4.69, 9.17) is 4.79 Å². The molecule has 4 N–H and O–H groups in total. The Morgan fingerprint density at radius 1 is 1.56 bits per heavy atom. The third kappa shape index (κ3) is 10.7. The summed E-state index contributed by atoms with van der Waals surface area (Å²) in [5.41, 5.74) is 8.50. The number of hydrogen-bond donors (Lipinski definition) is 2. The van der Waals surface area contributed by atoms with Crippen LogP contribution in [0.1, 0.15) is 0 Å². The molecule has 0 aliphatic carbocycles. The van der Waals surface area contributed by atoms with E-state index in [1.54, 1.807) is 0 Å². The maximum atomic E-state index is 9.00. The first-order valence-corrected chi connectivity index (χ1v) is 1.99. The first kappa shape index (κ1) is 7.41. The first-order valence-electron chi connectivity index (χ1n) is 1.99. The summed E-state index contributed by atoms with van der Waals surface area (Å²) in [5, 5.41) is 6.40. The summed E-state index contributed by atoms with van der Waals surface area (Å²) in [6.07, 6.45) is 2.88. The smallest absolute Gasteiger partial charge is 0.309 e. The van der Waals surface area contributed by atoms with Crippen molar-refractivity contribution in [2.75, 3.05) is 0 Å². The van der Waals surface area contributed by atoms with E-state index in [1.165, 1.54) is 12.5 Å². The monoisotopic (exact) mass is 130 g/mol. The number of rotatable bonds is 0. The van der Waals surface area contributed by atoms with Gasteiger partial charge in [-0.3, -0.25) is 0 Å². The molecule has 6 heteroatoms. The van der Waals surface area contributed by atoms with Crippen LogP contribution in [0.3, 0.4) is 0 Å². The van der Waals surface area contributed by atoms with Gasteiger partial charge in [0.2, 0.25) is 0 Å². The Morgan fingerprint density at radius 3 is 2.22 bits per heavy atom. The average Bonchev–Trinajstić information content (AvgIpc) is 2.11. The van der Waals surface area contributed by atoms with Crippen LogP contribution in [0.15, 0.2) is 17.0 Å². The molecule has 0 aliphatic heterocycles. The standard InChI is InChI=1S/C2H2N2O.CH4N2O/c1-2-5-4-3-1;2-1(3)4/h1-2H;(H4,2,3,4). The Kier molecular flexibility index (Phi) is 3.76. The number of nitrogens with zero attached hydrogens (tertiary/aromatic N) is 2. The lowest BCUT2D eigenvalue weighted by Crippen LogP contribution is -2.18. The van der Waals surface area contributed by atoms with Crippen molar-refractivity contribution < 1.29 is 9.32 Å². The normalized spacial score (nSPS) is 7.11. The van der Waals surface area contributed by atoms with Crippen LogP contribution in [0.25, 0.3) is 0 Å². The van der Waals surface area contributed by atoms with Gasteiger partial charge in [0.15, 0.2) is 0 Å². The van der Waals surface area contributed by atoms with Crippen LogP contribution in [0.5, 0.6) is 0 Å². The Hall–Kier alpha value is -1.59. The zero-order valence-electron chi connectivity index (χ0n) is 4.52. The van der Waals surface area contributed by atoms with Crippen molar-refractivity contribution in [1.82, 2.24) is 10.4 Å². The van der Waals surface area contributed by atoms with Crippen molar-refractivity contribution in [2.45, 2.75) is 0 Å². The molecule has 0 radical (unpaired) electrons. The molecule has 2 amide bonds. The molecule has 0 saturated carbocycles. The van der Waals surface area contributed by atoms with Crippen molar-refractivity contribution in [3.05, 3.63) is 12.5 Å². The van der Waals surface area contributed by atoms with Crippen LogP contribution in [0.4, 0.5) is 4.79 Å². The average molecular weight is 130 g/mol. The lowest BCUT2D eigenvalue weighted by Gasteiger charge is -1.62. The van der Waals surface area contributed by atoms with Gasteiger partial charge in [-0.25, -0.2) is 4.79 Å². The number of carbonyl (C=O) groups excluding carboxylic acids is 1. The summed E-state index contributed by atoms with van der Waals surface area (Å²) in [4.78, 5) is 9.00. The second-order valence-electron chi connectivity index (χ2n) is 0.990. The summed E-state index contributed by atoms with van der Waals surface area (Å²) in [5.74, 6) is 0. The molecule has 0 fully saturated rings. The second-order valence-corrected chi connectivity index (χ2v) is 0.990. The van der Waals surface area contributed by atoms with E-state index in [9.17, 15) is 0 Å². The minimum atomic E-state index is -0.833. The third-order valence-corrected chi connectivity index (χ3v) is 0.283. The molecule has 9 heavy (non-hydrogen) atoms. The van der Waals surface area contributed by atoms with Crippen molar-refractivity contribution >= 4 is 6.03 Å².